The molecule has 0 aliphatic rings. The fraction of sp³-hybridized carbons (Fsp3) is 0.200. The first-order chi connectivity index (χ1) is 9.51. The summed E-state index contributed by atoms with van der Waals surface area (Å²) in [4.78, 5) is 0. The Morgan fingerprint density at radius 2 is 1.90 bits per heavy atom. The van der Waals surface area contributed by atoms with Crippen LogP contribution < -0.4 is 15.8 Å². The van der Waals surface area contributed by atoms with E-state index in [2.05, 4.69) is 5.32 Å². The summed E-state index contributed by atoms with van der Waals surface area (Å²) in [6.07, 6.45) is 0. The first-order valence-electron chi connectivity index (χ1n) is 6.16. The Morgan fingerprint density at radius 3 is 2.50 bits per heavy atom. The van der Waals surface area contributed by atoms with E-state index >= 15 is 0 Å². The van der Waals surface area contributed by atoms with Crippen molar-refractivity contribution in [1.82, 2.24) is 0 Å². The van der Waals surface area contributed by atoms with Gasteiger partial charge in [-0.05, 0) is 53.3 Å². The van der Waals surface area contributed by atoms with Crippen LogP contribution in [-0.4, -0.2) is 7.11 Å². The second kappa shape index (κ2) is 6.30. The molecule has 3 N–H and O–H groups in total. The molecule has 0 aliphatic heterocycles. The zero-order valence-corrected chi connectivity index (χ0v) is 13.4. The highest BCUT2D eigenvalue weighted by atomic mass is 127. The van der Waals surface area contributed by atoms with Gasteiger partial charge >= 0.3 is 0 Å². The summed E-state index contributed by atoms with van der Waals surface area (Å²) in [5.41, 5.74) is 8.12. The number of hydrogen-bond acceptors (Lipinski definition) is 3. The fourth-order valence-electron chi connectivity index (χ4n) is 1.90. The first kappa shape index (κ1) is 14.9. The molecule has 2 aromatic carbocycles. The first-order valence-corrected chi connectivity index (χ1v) is 7.24. The Balaban J connectivity index is 2.18. The maximum atomic E-state index is 13.6. The number of rotatable bonds is 4. The molecule has 0 amide bonds. The van der Waals surface area contributed by atoms with Gasteiger partial charge < -0.3 is 15.8 Å². The van der Waals surface area contributed by atoms with Crippen molar-refractivity contribution in [3.05, 3.63) is 51.3 Å². The van der Waals surface area contributed by atoms with Crippen molar-refractivity contribution in [2.75, 3.05) is 18.2 Å². The van der Waals surface area contributed by atoms with Gasteiger partial charge in [-0.2, -0.15) is 0 Å². The summed E-state index contributed by atoms with van der Waals surface area (Å²) in [5.74, 6) is 0.532. The second-order valence-corrected chi connectivity index (χ2v) is 5.65. The van der Waals surface area contributed by atoms with Gasteiger partial charge in [0, 0.05) is 12.1 Å². The number of halogens is 2. The van der Waals surface area contributed by atoms with Crippen LogP contribution in [0.25, 0.3) is 0 Å². The summed E-state index contributed by atoms with van der Waals surface area (Å²) >= 11 is 1.92. The molecule has 0 spiro atoms. The summed E-state index contributed by atoms with van der Waals surface area (Å²) in [6, 6.07) is 10.8. The van der Waals surface area contributed by atoms with Crippen molar-refractivity contribution in [2.24, 2.45) is 0 Å². The Morgan fingerprint density at radius 1 is 1.25 bits per heavy atom. The van der Waals surface area contributed by atoms with E-state index in [0.29, 0.717) is 14.9 Å². The Labute approximate surface area is 131 Å². The molecule has 1 unspecified atom stereocenters. The van der Waals surface area contributed by atoms with E-state index in [4.69, 9.17) is 10.5 Å². The molecular weight excluding hydrogens is 370 g/mol. The maximum Gasteiger partial charge on any atom is 0.138 e. The minimum atomic E-state index is -0.274. The third-order valence-corrected chi connectivity index (χ3v) is 3.91. The zero-order chi connectivity index (χ0) is 14.7. The number of nitrogens with two attached hydrogens (primary N) is 1. The number of nitrogens with one attached hydrogen (secondary N) is 1. The largest absolute Gasteiger partial charge is 0.497 e. The highest BCUT2D eigenvalue weighted by Crippen LogP contribution is 2.28. The molecule has 106 valence electrons. The van der Waals surface area contributed by atoms with Gasteiger partial charge in [-0.25, -0.2) is 4.39 Å². The fourth-order valence-corrected chi connectivity index (χ4v) is 2.39. The standard InChI is InChI=1S/C15H16FIN2O/c1-9(10-3-5-11(20-2)6-4-10)19-15-7-12(16)13(17)8-14(15)18/h3-9,19H,18H2,1-2H3. The molecule has 3 nitrogen and oxygen atoms in total. The molecule has 2 aromatic rings. The van der Waals surface area contributed by atoms with Crippen LogP contribution in [0.15, 0.2) is 36.4 Å². The monoisotopic (exact) mass is 386 g/mol. The molecule has 1 atom stereocenters. The van der Waals surface area contributed by atoms with Gasteiger partial charge in [0.15, 0.2) is 0 Å². The number of methoxy groups -OCH3 is 1. The van der Waals surface area contributed by atoms with Crippen LogP contribution >= 0.6 is 22.6 Å². The van der Waals surface area contributed by atoms with Gasteiger partial charge in [0.05, 0.1) is 22.1 Å². The van der Waals surface area contributed by atoms with E-state index in [1.165, 1.54) is 6.07 Å². The van der Waals surface area contributed by atoms with Crippen LogP contribution in [0.1, 0.15) is 18.5 Å². The quantitative estimate of drug-likeness (QED) is 0.612. The van der Waals surface area contributed by atoms with Crippen LogP contribution in [0, 0.1) is 9.39 Å². The lowest BCUT2D eigenvalue weighted by Gasteiger charge is -2.18. The normalized spacial score (nSPS) is 12.0. The van der Waals surface area contributed by atoms with Gasteiger partial charge in [-0.3, -0.25) is 0 Å². The summed E-state index contributed by atoms with van der Waals surface area (Å²) in [6.45, 7) is 2.00. The number of benzene rings is 2. The summed E-state index contributed by atoms with van der Waals surface area (Å²) in [7, 11) is 1.63. The predicted octanol–water partition coefficient (Wildman–Crippen LogP) is 4.19. The molecular formula is C15H16FIN2O. The molecule has 5 heteroatoms. The van der Waals surface area contributed by atoms with Crippen LogP contribution in [0.4, 0.5) is 15.8 Å². The molecule has 0 fully saturated rings. The zero-order valence-electron chi connectivity index (χ0n) is 11.3. The van der Waals surface area contributed by atoms with E-state index < -0.39 is 0 Å². The minimum Gasteiger partial charge on any atom is -0.497 e. The average molecular weight is 386 g/mol. The van der Waals surface area contributed by atoms with Crippen LogP contribution in [-0.2, 0) is 0 Å². The summed E-state index contributed by atoms with van der Waals surface area (Å²) in [5, 5.41) is 3.22. The van der Waals surface area contributed by atoms with Crippen molar-refractivity contribution in [3.8, 4) is 5.75 Å². The van der Waals surface area contributed by atoms with Gasteiger partial charge in [-0.15, -0.1) is 0 Å². The van der Waals surface area contributed by atoms with Crippen molar-refractivity contribution in [2.45, 2.75) is 13.0 Å². The third-order valence-electron chi connectivity index (χ3n) is 3.08. The van der Waals surface area contributed by atoms with Gasteiger partial charge in [0.2, 0.25) is 0 Å². The van der Waals surface area contributed by atoms with Crippen LogP contribution in [0.5, 0.6) is 5.75 Å². The van der Waals surface area contributed by atoms with Crippen molar-refractivity contribution < 1.29 is 9.13 Å². The van der Waals surface area contributed by atoms with Crippen molar-refractivity contribution in [3.63, 3.8) is 0 Å². The molecule has 0 aromatic heterocycles. The molecule has 0 radical (unpaired) electrons. The third kappa shape index (κ3) is 3.33. The topological polar surface area (TPSA) is 47.3 Å². The van der Waals surface area contributed by atoms with E-state index in [-0.39, 0.29) is 11.9 Å². The highest BCUT2D eigenvalue weighted by molar-refractivity contribution is 14.1. The van der Waals surface area contributed by atoms with E-state index in [1.807, 2.05) is 53.8 Å². The van der Waals surface area contributed by atoms with E-state index in [1.54, 1.807) is 13.2 Å². The predicted molar refractivity (Wildman–Crippen MR) is 88.6 cm³/mol. The van der Waals surface area contributed by atoms with E-state index in [0.717, 1.165) is 11.3 Å². The smallest absolute Gasteiger partial charge is 0.138 e. The molecule has 0 saturated carbocycles. The number of nitrogen functional groups attached to an aromatic ring is 1. The lowest BCUT2D eigenvalue weighted by molar-refractivity contribution is 0.414. The minimum absolute atomic E-state index is 0.0164. The van der Waals surface area contributed by atoms with E-state index in [9.17, 15) is 4.39 Å². The van der Waals surface area contributed by atoms with Crippen LogP contribution in [0.2, 0.25) is 0 Å². The lowest BCUT2D eigenvalue weighted by Crippen LogP contribution is -2.09. The lowest BCUT2D eigenvalue weighted by atomic mass is 10.1. The Hall–Kier alpha value is -1.50. The number of ether oxygens (including phenoxy) is 1. The number of anilines is 2. The van der Waals surface area contributed by atoms with Gasteiger partial charge in [0.25, 0.3) is 0 Å². The van der Waals surface area contributed by atoms with Gasteiger partial charge in [0.1, 0.15) is 11.6 Å². The molecule has 0 aliphatic carbocycles. The average Bonchev–Trinajstić information content (AvgIpc) is 2.44. The van der Waals surface area contributed by atoms with Crippen molar-refractivity contribution >= 4 is 34.0 Å². The Bertz CT molecular complexity index is 602. The molecule has 2 rings (SSSR count). The van der Waals surface area contributed by atoms with Crippen molar-refractivity contribution in [1.29, 1.82) is 0 Å². The molecule has 0 saturated heterocycles. The molecule has 0 heterocycles. The Kier molecular flexibility index (Phi) is 4.69. The number of hydrogen-bond donors (Lipinski definition) is 2. The molecule has 20 heavy (non-hydrogen) atoms. The summed E-state index contributed by atoms with van der Waals surface area (Å²) < 4.78 is 19.2. The maximum absolute atomic E-state index is 13.6. The second-order valence-electron chi connectivity index (χ2n) is 4.49. The molecule has 0 bridgehead atoms. The highest BCUT2D eigenvalue weighted by Gasteiger charge is 2.10. The van der Waals surface area contributed by atoms with Crippen LogP contribution in [0.3, 0.4) is 0 Å². The SMILES string of the molecule is COc1ccc(C(C)Nc2cc(F)c(I)cc2N)cc1. The van der Waals surface area contributed by atoms with Gasteiger partial charge in [-0.1, -0.05) is 12.1 Å².